The maximum absolute atomic E-state index is 11.4. The largest absolute Gasteiger partial charge is 0.489 e. The van der Waals surface area contributed by atoms with E-state index < -0.39 is 0 Å². The van der Waals surface area contributed by atoms with E-state index in [0.717, 1.165) is 31.1 Å². The molecule has 1 aliphatic carbocycles. The van der Waals surface area contributed by atoms with Gasteiger partial charge in [-0.25, -0.2) is 4.79 Å². The second-order valence-corrected chi connectivity index (χ2v) is 8.44. The first-order chi connectivity index (χ1) is 13.3. The summed E-state index contributed by atoms with van der Waals surface area (Å²) in [5.41, 5.74) is 2.56. The highest BCUT2D eigenvalue weighted by molar-refractivity contribution is 5.77. The molecule has 1 heterocycles. The summed E-state index contributed by atoms with van der Waals surface area (Å²) in [5.74, 6) is 1.01. The zero-order chi connectivity index (χ0) is 20.3. The predicted molar refractivity (Wildman–Crippen MR) is 113 cm³/mol. The Morgan fingerprint density at radius 1 is 1.36 bits per heavy atom. The molecule has 0 saturated heterocycles. The van der Waals surface area contributed by atoms with Crippen LogP contribution in [0.3, 0.4) is 0 Å². The van der Waals surface area contributed by atoms with Crippen LogP contribution < -0.4 is 10.4 Å². The Bertz CT molecular complexity index is 935. The predicted octanol–water partition coefficient (Wildman–Crippen LogP) is 5.25. The van der Waals surface area contributed by atoms with E-state index in [1.54, 1.807) is 12.1 Å². The van der Waals surface area contributed by atoms with Gasteiger partial charge >= 0.3 is 5.63 Å². The first-order valence-electron chi connectivity index (χ1n) is 9.95. The third-order valence-corrected chi connectivity index (χ3v) is 6.09. The average molecular weight is 383 g/mol. The van der Waals surface area contributed by atoms with Crippen molar-refractivity contribution in [2.24, 2.45) is 11.3 Å². The van der Waals surface area contributed by atoms with Gasteiger partial charge in [-0.1, -0.05) is 31.6 Å². The molecular formula is C24H30O4. The van der Waals surface area contributed by atoms with Crippen LogP contribution in [0.1, 0.15) is 46.5 Å². The quantitative estimate of drug-likeness (QED) is 0.547. The first-order valence-corrected chi connectivity index (χ1v) is 9.95. The lowest BCUT2D eigenvalue weighted by atomic mass is 9.63. The van der Waals surface area contributed by atoms with Crippen LogP contribution in [0.4, 0.5) is 0 Å². The van der Waals surface area contributed by atoms with E-state index in [-0.39, 0.29) is 17.1 Å². The van der Waals surface area contributed by atoms with Gasteiger partial charge in [0.25, 0.3) is 0 Å². The van der Waals surface area contributed by atoms with Crippen molar-refractivity contribution in [1.82, 2.24) is 0 Å². The van der Waals surface area contributed by atoms with Gasteiger partial charge in [-0.05, 0) is 68.2 Å². The van der Waals surface area contributed by atoms with Gasteiger partial charge in [0, 0.05) is 17.5 Å². The number of rotatable bonds is 6. The standard InChI is InChI=1S/C24H30O4/c1-16(5-10-20-17(2)6-11-22(25)24(20,3)4)13-14-27-19-9-7-18-8-12-23(26)28-21(18)15-19/h7-9,12-13,15,20,22,25H,2,5-6,10-11,14H2,1,3-4H3/b16-13-. The third-order valence-electron chi connectivity index (χ3n) is 6.09. The van der Waals surface area contributed by atoms with Crippen molar-refractivity contribution in [3.63, 3.8) is 0 Å². The van der Waals surface area contributed by atoms with Crippen molar-refractivity contribution in [2.45, 2.75) is 52.6 Å². The number of allylic oxidation sites excluding steroid dienone is 2. The molecule has 1 aromatic heterocycles. The minimum Gasteiger partial charge on any atom is -0.489 e. The molecule has 0 radical (unpaired) electrons. The van der Waals surface area contributed by atoms with Crippen LogP contribution in [0.5, 0.6) is 5.75 Å². The van der Waals surface area contributed by atoms with Gasteiger partial charge in [0.1, 0.15) is 17.9 Å². The van der Waals surface area contributed by atoms with Crippen molar-refractivity contribution in [3.05, 3.63) is 64.6 Å². The van der Waals surface area contributed by atoms with E-state index in [9.17, 15) is 9.90 Å². The van der Waals surface area contributed by atoms with E-state index in [1.165, 1.54) is 17.2 Å². The fraction of sp³-hybridized carbons (Fsp3) is 0.458. The molecule has 28 heavy (non-hydrogen) atoms. The fourth-order valence-electron chi connectivity index (χ4n) is 4.09. The Labute approximate surface area is 166 Å². The number of hydrogen-bond donors (Lipinski definition) is 1. The van der Waals surface area contributed by atoms with E-state index in [2.05, 4.69) is 33.4 Å². The molecule has 1 saturated carbocycles. The lowest BCUT2D eigenvalue weighted by Crippen LogP contribution is -2.41. The first kappa shape index (κ1) is 20.4. The number of aliphatic hydroxyl groups is 1. The van der Waals surface area contributed by atoms with Crippen LogP contribution in [0.2, 0.25) is 0 Å². The Morgan fingerprint density at radius 2 is 2.11 bits per heavy atom. The van der Waals surface area contributed by atoms with Crippen molar-refractivity contribution in [2.75, 3.05) is 6.61 Å². The maximum atomic E-state index is 11.4. The van der Waals surface area contributed by atoms with Crippen molar-refractivity contribution in [1.29, 1.82) is 0 Å². The highest BCUT2D eigenvalue weighted by atomic mass is 16.5. The Balaban J connectivity index is 1.56. The number of ether oxygens (including phenoxy) is 1. The summed E-state index contributed by atoms with van der Waals surface area (Å²) in [6.45, 7) is 11.1. The van der Waals surface area contributed by atoms with Gasteiger partial charge in [-0.3, -0.25) is 0 Å². The molecule has 1 aliphatic rings. The van der Waals surface area contributed by atoms with E-state index in [4.69, 9.17) is 9.15 Å². The van der Waals surface area contributed by atoms with Crippen LogP contribution in [-0.4, -0.2) is 17.8 Å². The van der Waals surface area contributed by atoms with Crippen LogP contribution in [0.15, 0.2) is 63.3 Å². The molecule has 1 fully saturated rings. The number of aliphatic hydroxyl groups excluding tert-OH is 1. The van der Waals surface area contributed by atoms with Crippen molar-refractivity contribution >= 4 is 11.0 Å². The summed E-state index contributed by atoms with van der Waals surface area (Å²) in [7, 11) is 0. The number of benzene rings is 1. The minimum absolute atomic E-state index is 0.124. The maximum Gasteiger partial charge on any atom is 0.336 e. The Kier molecular flexibility index (Phi) is 6.09. The van der Waals surface area contributed by atoms with Gasteiger partial charge in [-0.15, -0.1) is 0 Å². The van der Waals surface area contributed by atoms with Crippen molar-refractivity contribution in [3.8, 4) is 5.75 Å². The molecule has 2 atom stereocenters. The number of fused-ring (bicyclic) bond motifs is 1. The highest BCUT2D eigenvalue weighted by Gasteiger charge is 2.40. The second-order valence-electron chi connectivity index (χ2n) is 8.44. The molecule has 4 heteroatoms. The molecule has 0 bridgehead atoms. The van der Waals surface area contributed by atoms with Gasteiger partial charge in [0.15, 0.2) is 0 Å². The Hall–Kier alpha value is -2.33. The molecule has 0 amide bonds. The molecule has 2 unspecified atom stereocenters. The monoisotopic (exact) mass is 382 g/mol. The van der Waals surface area contributed by atoms with Gasteiger partial charge in [0.05, 0.1) is 6.10 Å². The summed E-state index contributed by atoms with van der Waals surface area (Å²) in [6.07, 6.45) is 5.50. The molecule has 2 aromatic rings. The van der Waals surface area contributed by atoms with E-state index >= 15 is 0 Å². The average Bonchev–Trinajstić information content (AvgIpc) is 2.64. The SMILES string of the molecule is C=C1CCC(O)C(C)(C)C1CC/C(C)=C\COc1ccc2ccc(=O)oc2c1. The topological polar surface area (TPSA) is 59.7 Å². The summed E-state index contributed by atoms with van der Waals surface area (Å²) in [6, 6.07) is 8.66. The lowest BCUT2D eigenvalue weighted by molar-refractivity contribution is -0.00881. The lowest BCUT2D eigenvalue weighted by Gasteiger charge is -2.44. The highest BCUT2D eigenvalue weighted by Crippen LogP contribution is 2.45. The molecule has 0 spiro atoms. The van der Waals surface area contributed by atoms with Crippen LogP contribution in [-0.2, 0) is 0 Å². The normalized spacial score (nSPS) is 22.4. The molecule has 1 N–H and O–H groups in total. The second kappa shape index (κ2) is 8.36. The summed E-state index contributed by atoms with van der Waals surface area (Å²) >= 11 is 0. The van der Waals surface area contributed by atoms with Gasteiger partial charge < -0.3 is 14.3 Å². The molecule has 4 nitrogen and oxygen atoms in total. The van der Waals surface area contributed by atoms with Crippen molar-refractivity contribution < 1.29 is 14.3 Å². The zero-order valence-electron chi connectivity index (χ0n) is 17.0. The minimum atomic E-state index is -0.363. The summed E-state index contributed by atoms with van der Waals surface area (Å²) in [5, 5.41) is 11.2. The van der Waals surface area contributed by atoms with E-state index in [1.807, 2.05) is 12.1 Å². The molecule has 0 aliphatic heterocycles. The zero-order valence-corrected chi connectivity index (χ0v) is 17.0. The molecule has 3 rings (SSSR count). The van der Waals surface area contributed by atoms with Gasteiger partial charge in [0.2, 0.25) is 0 Å². The summed E-state index contributed by atoms with van der Waals surface area (Å²) in [4.78, 5) is 11.4. The smallest absolute Gasteiger partial charge is 0.336 e. The summed E-state index contributed by atoms with van der Waals surface area (Å²) < 4.78 is 11.0. The molecule has 150 valence electrons. The van der Waals surface area contributed by atoms with Gasteiger partial charge in [-0.2, -0.15) is 0 Å². The fourth-order valence-corrected chi connectivity index (χ4v) is 4.09. The molecule has 1 aromatic carbocycles. The van der Waals surface area contributed by atoms with E-state index in [0.29, 0.717) is 23.9 Å². The third kappa shape index (κ3) is 4.56. The van der Waals surface area contributed by atoms with Crippen LogP contribution in [0.25, 0.3) is 11.0 Å². The van der Waals surface area contributed by atoms with Crippen LogP contribution >= 0.6 is 0 Å². The Morgan fingerprint density at radius 3 is 2.89 bits per heavy atom. The van der Waals surface area contributed by atoms with Crippen LogP contribution in [0, 0.1) is 11.3 Å². The molecular weight excluding hydrogens is 352 g/mol. The number of hydrogen-bond acceptors (Lipinski definition) is 4.